The second kappa shape index (κ2) is 4.53. The molecule has 1 aliphatic heterocycles. The molecule has 16 heavy (non-hydrogen) atoms. The highest BCUT2D eigenvalue weighted by Gasteiger charge is 2.41. The highest BCUT2D eigenvalue weighted by atomic mass is 16.5. The van der Waals surface area contributed by atoms with Crippen molar-refractivity contribution in [2.75, 3.05) is 20.3 Å². The third-order valence-corrected chi connectivity index (χ3v) is 3.26. The molecule has 2 heterocycles. The van der Waals surface area contributed by atoms with Crippen LogP contribution in [0.15, 0.2) is 12.3 Å². The van der Waals surface area contributed by atoms with Crippen LogP contribution in [-0.2, 0) is 16.5 Å². The minimum absolute atomic E-state index is 0.549. The van der Waals surface area contributed by atoms with Crippen LogP contribution in [0.4, 0.5) is 0 Å². The van der Waals surface area contributed by atoms with Gasteiger partial charge in [-0.25, -0.2) is 0 Å². The van der Waals surface area contributed by atoms with Crippen LogP contribution >= 0.6 is 0 Å². The van der Waals surface area contributed by atoms with E-state index >= 15 is 0 Å². The molecule has 1 aromatic heterocycles. The zero-order valence-corrected chi connectivity index (χ0v) is 9.72. The number of aromatic nitrogens is 2. The lowest BCUT2D eigenvalue weighted by Crippen LogP contribution is -2.44. The van der Waals surface area contributed by atoms with Crippen molar-refractivity contribution < 1.29 is 14.6 Å². The van der Waals surface area contributed by atoms with Gasteiger partial charge in [0.25, 0.3) is 0 Å². The standard InChI is InChI=1S/C11H18N2O3/c1-13-6-3-9(12-13)10(14)11(15-2)4-7-16-8-5-11/h3,6,10,14H,4-5,7-8H2,1-2H3. The summed E-state index contributed by atoms with van der Waals surface area (Å²) in [5, 5.41) is 14.6. The van der Waals surface area contributed by atoms with Gasteiger partial charge in [0, 0.05) is 46.4 Å². The van der Waals surface area contributed by atoms with Crippen molar-refractivity contribution in [3.63, 3.8) is 0 Å². The first-order chi connectivity index (χ1) is 7.68. The van der Waals surface area contributed by atoms with Crippen LogP contribution in [-0.4, -0.2) is 40.8 Å². The van der Waals surface area contributed by atoms with Crippen molar-refractivity contribution in [1.82, 2.24) is 9.78 Å². The molecule has 2 rings (SSSR count). The molecule has 0 radical (unpaired) electrons. The minimum Gasteiger partial charge on any atom is -0.384 e. The Morgan fingerprint density at radius 2 is 2.25 bits per heavy atom. The van der Waals surface area contributed by atoms with E-state index in [1.807, 2.05) is 19.3 Å². The molecule has 1 saturated heterocycles. The maximum atomic E-state index is 10.4. The van der Waals surface area contributed by atoms with E-state index in [9.17, 15) is 5.11 Å². The first-order valence-electron chi connectivity index (χ1n) is 5.48. The molecule has 0 amide bonds. The Morgan fingerprint density at radius 1 is 1.56 bits per heavy atom. The maximum Gasteiger partial charge on any atom is 0.127 e. The Morgan fingerprint density at radius 3 is 2.75 bits per heavy atom. The lowest BCUT2D eigenvalue weighted by molar-refractivity contribution is -0.155. The summed E-state index contributed by atoms with van der Waals surface area (Å²) in [5.41, 5.74) is 0.110. The highest BCUT2D eigenvalue weighted by Crippen LogP contribution is 2.36. The van der Waals surface area contributed by atoms with Crippen molar-refractivity contribution in [1.29, 1.82) is 0 Å². The lowest BCUT2D eigenvalue weighted by atomic mass is 9.86. The van der Waals surface area contributed by atoms with Crippen LogP contribution in [0.5, 0.6) is 0 Å². The molecule has 5 nitrogen and oxygen atoms in total. The van der Waals surface area contributed by atoms with Gasteiger partial charge in [-0.05, 0) is 6.07 Å². The summed E-state index contributed by atoms with van der Waals surface area (Å²) in [5.74, 6) is 0. The lowest BCUT2D eigenvalue weighted by Gasteiger charge is -2.38. The first-order valence-corrected chi connectivity index (χ1v) is 5.48. The summed E-state index contributed by atoms with van der Waals surface area (Å²) in [6, 6.07) is 1.82. The largest absolute Gasteiger partial charge is 0.384 e. The summed E-state index contributed by atoms with van der Waals surface area (Å²) in [7, 11) is 3.47. The van der Waals surface area contributed by atoms with Gasteiger partial charge in [-0.1, -0.05) is 0 Å². The fourth-order valence-corrected chi connectivity index (χ4v) is 2.15. The zero-order chi connectivity index (χ0) is 11.6. The Kier molecular flexibility index (Phi) is 3.28. The smallest absolute Gasteiger partial charge is 0.127 e. The third kappa shape index (κ3) is 1.98. The molecule has 0 aromatic carbocycles. The van der Waals surface area contributed by atoms with E-state index in [4.69, 9.17) is 9.47 Å². The van der Waals surface area contributed by atoms with Crippen LogP contribution < -0.4 is 0 Å². The number of aliphatic hydroxyl groups excluding tert-OH is 1. The van der Waals surface area contributed by atoms with E-state index in [-0.39, 0.29) is 0 Å². The van der Waals surface area contributed by atoms with Crippen LogP contribution in [0.1, 0.15) is 24.6 Å². The normalized spacial score (nSPS) is 21.9. The predicted octanol–water partition coefficient (Wildman–Crippen LogP) is 0.649. The molecular formula is C11H18N2O3. The van der Waals surface area contributed by atoms with Gasteiger partial charge in [0.15, 0.2) is 0 Å². The number of hydrogen-bond donors (Lipinski definition) is 1. The van der Waals surface area contributed by atoms with Gasteiger partial charge < -0.3 is 14.6 Å². The number of hydrogen-bond acceptors (Lipinski definition) is 4. The SMILES string of the molecule is COC1(C(O)c2ccn(C)n2)CCOCC1. The Hall–Kier alpha value is -0.910. The monoisotopic (exact) mass is 226 g/mol. The molecule has 1 atom stereocenters. The van der Waals surface area contributed by atoms with Crippen LogP contribution in [0, 0.1) is 0 Å². The number of methoxy groups -OCH3 is 1. The molecule has 5 heteroatoms. The topological polar surface area (TPSA) is 56.5 Å². The van der Waals surface area contributed by atoms with E-state index in [0.717, 1.165) is 0 Å². The number of nitrogens with zero attached hydrogens (tertiary/aromatic N) is 2. The number of ether oxygens (including phenoxy) is 2. The molecule has 1 unspecified atom stereocenters. The molecule has 1 aromatic rings. The summed E-state index contributed by atoms with van der Waals surface area (Å²) in [6.45, 7) is 1.25. The number of aliphatic hydroxyl groups is 1. The van der Waals surface area contributed by atoms with Crippen molar-refractivity contribution in [3.05, 3.63) is 18.0 Å². The summed E-state index contributed by atoms with van der Waals surface area (Å²) in [4.78, 5) is 0. The van der Waals surface area contributed by atoms with E-state index in [2.05, 4.69) is 5.10 Å². The summed E-state index contributed by atoms with van der Waals surface area (Å²) in [6.07, 6.45) is 2.52. The molecular weight excluding hydrogens is 208 g/mol. The molecule has 0 aliphatic carbocycles. The predicted molar refractivity (Wildman–Crippen MR) is 58.0 cm³/mol. The van der Waals surface area contributed by atoms with Crippen LogP contribution in [0.25, 0.3) is 0 Å². The average molecular weight is 226 g/mol. The van der Waals surface area contributed by atoms with Gasteiger partial charge in [0.1, 0.15) is 11.7 Å². The van der Waals surface area contributed by atoms with Crippen molar-refractivity contribution in [2.45, 2.75) is 24.5 Å². The van der Waals surface area contributed by atoms with Gasteiger partial charge in [-0.2, -0.15) is 5.10 Å². The molecule has 0 spiro atoms. The Balaban J connectivity index is 2.20. The number of rotatable bonds is 3. The minimum atomic E-state index is -0.692. The van der Waals surface area contributed by atoms with E-state index in [1.54, 1.807) is 11.8 Å². The van der Waals surface area contributed by atoms with Gasteiger partial charge in [-0.3, -0.25) is 4.68 Å². The van der Waals surface area contributed by atoms with Crippen molar-refractivity contribution in [2.24, 2.45) is 7.05 Å². The van der Waals surface area contributed by atoms with Crippen molar-refractivity contribution in [3.8, 4) is 0 Å². The second-order valence-electron chi connectivity index (χ2n) is 4.20. The zero-order valence-electron chi connectivity index (χ0n) is 9.72. The number of aryl methyl sites for hydroxylation is 1. The second-order valence-corrected chi connectivity index (χ2v) is 4.20. The Labute approximate surface area is 95.0 Å². The molecule has 90 valence electrons. The fraction of sp³-hybridized carbons (Fsp3) is 0.727. The molecule has 1 fully saturated rings. The van der Waals surface area contributed by atoms with Crippen LogP contribution in [0.2, 0.25) is 0 Å². The summed E-state index contributed by atoms with van der Waals surface area (Å²) < 4.78 is 12.5. The van der Waals surface area contributed by atoms with Gasteiger partial charge in [0.2, 0.25) is 0 Å². The van der Waals surface area contributed by atoms with Gasteiger partial charge >= 0.3 is 0 Å². The third-order valence-electron chi connectivity index (χ3n) is 3.26. The molecule has 0 saturated carbocycles. The Bertz CT molecular complexity index is 345. The molecule has 1 N–H and O–H groups in total. The maximum absolute atomic E-state index is 10.4. The average Bonchev–Trinajstić information content (AvgIpc) is 2.76. The van der Waals surface area contributed by atoms with Crippen LogP contribution in [0.3, 0.4) is 0 Å². The first kappa shape index (κ1) is 11.6. The van der Waals surface area contributed by atoms with Gasteiger partial charge in [0.05, 0.1) is 5.69 Å². The van der Waals surface area contributed by atoms with Crippen molar-refractivity contribution >= 4 is 0 Å². The summed E-state index contributed by atoms with van der Waals surface area (Å²) >= 11 is 0. The van der Waals surface area contributed by atoms with Gasteiger partial charge in [-0.15, -0.1) is 0 Å². The van der Waals surface area contributed by atoms with E-state index in [0.29, 0.717) is 31.7 Å². The quantitative estimate of drug-likeness (QED) is 0.822. The highest BCUT2D eigenvalue weighted by molar-refractivity contribution is 5.09. The molecule has 0 bridgehead atoms. The van der Waals surface area contributed by atoms with E-state index < -0.39 is 11.7 Å². The molecule has 1 aliphatic rings. The van der Waals surface area contributed by atoms with E-state index in [1.165, 1.54) is 0 Å². The fourth-order valence-electron chi connectivity index (χ4n) is 2.15.